The van der Waals surface area contributed by atoms with Gasteiger partial charge in [0, 0.05) is 8.95 Å². The van der Waals surface area contributed by atoms with Gasteiger partial charge in [0.1, 0.15) is 5.02 Å². The Hall–Kier alpha value is -0.850. The van der Waals surface area contributed by atoms with Crippen molar-refractivity contribution >= 4 is 60.9 Å². The molecular weight excluding hydrogens is 371 g/mol. The molecule has 1 aromatic carbocycles. The van der Waals surface area contributed by atoms with Crippen molar-refractivity contribution in [1.82, 2.24) is 9.97 Å². The van der Waals surface area contributed by atoms with E-state index in [1.54, 1.807) is 0 Å². The molecule has 0 spiro atoms. The van der Waals surface area contributed by atoms with Crippen LogP contribution in [0.1, 0.15) is 0 Å². The second-order valence-electron chi connectivity index (χ2n) is 3.15. The minimum absolute atomic E-state index is 0.167. The van der Waals surface area contributed by atoms with Crippen LogP contribution in [0.5, 0.6) is 0 Å². The predicted molar refractivity (Wildman–Crippen MR) is 76.6 cm³/mol. The van der Waals surface area contributed by atoms with E-state index in [0.717, 1.165) is 14.6 Å². The molecule has 2 rings (SSSR count). The minimum atomic E-state index is 0.167. The molecule has 0 aliphatic rings. The van der Waals surface area contributed by atoms with Crippen LogP contribution in [0.2, 0.25) is 5.02 Å². The molecule has 88 valence electrons. The minimum Gasteiger partial charge on any atom is -0.368 e. The van der Waals surface area contributed by atoms with Crippen molar-refractivity contribution in [3.63, 3.8) is 0 Å². The maximum absolute atomic E-state index is 5.98. The van der Waals surface area contributed by atoms with Crippen LogP contribution in [0.3, 0.4) is 0 Å². The molecule has 0 atom stereocenters. The van der Waals surface area contributed by atoms with Gasteiger partial charge in [-0.25, -0.2) is 4.98 Å². The number of benzene rings is 1. The molecular formula is C10H7Br2ClN4. The average molecular weight is 378 g/mol. The van der Waals surface area contributed by atoms with Gasteiger partial charge in [0.15, 0.2) is 5.82 Å². The van der Waals surface area contributed by atoms with E-state index in [0.29, 0.717) is 10.8 Å². The van der Waals surface area contributed by atoms with E-state index < -0.39 is 0 Å². The van der Waals surface area contributed by atoms with Gasteiger partial charge < -0.3 is 11.1 Å². The van der Waals surface area contributed by atoms with Gasteiger partial charge in [0.2, 0.25) is 5.95 Å². The molecule has 0 bridgehead atoms. The molecule has 4 nitrogen and oxygen atoms in total. The number of aromatic nitrogens is 2. The molecule has 0 fully saturated rings. The first kappa shape index (κ1) is 12.6. The lowest BCUT2D eigenvalue weighted by molar-refractivity contribution is 1.18. The van der Waals surface area contributed by atoms with Crippen molar-refractivity contribution in [3.8, 4) is 0 Å². The second kappa shape index (κ2) is 5.20. The van der Waals surface area contributed by atoms with Crippen LogP contribution < -0.4 is 11.1 Å². The summed E-state index contributed by atoms with van der Waals surface area (Å²) in [6.07, 6.45) is 1.46. The van der Waals surface area contributed by atoms with Crippen LogP contribution in [0.25, 0.3) is 0 Å². The summed E-state index contributed by atoms with van der Waals surface area (Å²) in [6.45, 7) is 0. The molecule has 3 N–H and O–H groups in total. The van der Waals surface area contributed by atoms with Crippen LogP contribution in [0, 0.1) is 0 Å². The Morgan fingerprint density at radius 1 is 1.24 bits per heavy atom. The van der Waals surface area contributed by atoms with E-state index in [9.17, 15) is 0 Å². The van der Waals surface area contributed by atoms with Gasteiger partial charge in [-0.05, 0) is 44.0 Å². The average Bonchev–Trinajstić information content (AvgIpc) is 2.28. The maximum Gasteiger partial charge on any atom is 0.222 e. The van der Waals surface area contributed by atoms with Gasteiger partial charge in [0.05, 0.1) is 11.9 Å². The summed E-state index contributed by atoms with van der Waals surface area (Å²) >= 11 is 12.9. The zero-order valence-corrected chi connectivity index (χ0v) is 12.3. The van der Waals surface area contributed by atoms with Crippen molar-refractivity contribution < 1.29 is 0 Å². The number of hydrogen-bond donors (Lipinski definition) is 2. The lowest BCUT2D eigenvalue weighted by atomic mass is 10.3. The Morgan fingerprint density at radius 2 is 1.88 bits per heavy atom. The molecule has 0 saturated heterocycles. The lowest BCUT2D eigenvalue weighted by Crippen LogP contribution is -2.01. The molecule has 1 aromatic heterocycles. The van der Waals surface area contributed by atoms with Crippen LogP contribution >= 0.6 is 43.5 Å². The highest BCUT2D eigenvalue weighted by molar-refractivity contribution is 9.11. The molecule has 17 heavy (non-hydrogen) atoms. The van der Waals surface area contributed by atoms with E-state index in [1.165, 1.54) is 6.20 Å². The molecule has 0 radical (unpaired) electrons. The summed E-state index contributed by atoms with van der Waals surface area (Å²) in [5.74, 6) is 0.631. The first-order chi connectivity index (χ1) is 8.08. The Balaban J connectivity index is 2.41. The zero-order chi connectivity index (χ0) is 12.4. The van der Waals surface area contributed by atoms with E-state index >= 15 is 0 Å². The van der Waals surface area contributed by atoms with Crippen LogP contribution in [-0.2, 0) is 0 Å². The normalized spacial score (nSPS) is 10.3. The number of anilines is 3. The summed E-state index contributed by atoms with van der Waals surface area (Å²) in [6, 6.07) is 5.73. The molecule has 0 aliphatic carbocycles. The molecule has 0 aliphatic heterocycles. The fourth-order valence-corrected chi connectivity index (χ4v) is 2.54. The highest BCUT2D eigenvalue weighted by Gasteiger charge is 2.09. The number of nitrogen functional groups attached to an aromatic ring is 1. The summed E-state index contributed by atoms with van der Waals surface area (Å²) in [7, 11) is 0. The maximum atomic E-state index is 5.98. The third kappa shape index (κ3) is 2.88. The third-order valence-corrected chi connectivity index (χ3v) is 3.57. The molecule has 2 aromatic rings. The number of nitrogens with one attached hydrogen (secondary N) is 1. The number of hydrogen-bond acceptors (Lipinski definition) is 4. The van der Waals surface area contributed by atoms with Crippen LogP contribution in [-0.4, -0.2) is 9.97 Å². The van der Waals surface area contributed by atoms with Crippen molar-refractivity contribution in [2.24, 2.45) is 0 Å². The topological polar surface area (TPSA) is 63.8 Å². The van der Waals surface area contributed by atoms with Crippen molar-refractivity contribution in [2.75, 3.05) is 11.1 Å². The molecule has 0 unspecified atom stereocenters. The Labute approximate surface area is 120 Å². The summed E-state index contributed by atoms with van der Waals surface area (Å²) in [4.78, 5) is 7.83. The molecule has 0 amide bonds. The van der Waals surface area contributed by atoms with E-state index in [2.05, 4.69) is 47.1 Å². The van der Waals surface area contributed by atoms with Crippen LogP contribution in [0.15, 0.2) is 33.3 Å². The van der Waals surface area contributed by atoms with Gasteiger partial charge in [-0.2, -0.15) is 4.98 Å². The number of rotatable bonds is 2. The molecule has 7 heteroatoms. The monoisotopic (exact) mass is 376 g/mol. The number of halogens is 3. The lowest BCUT2D eigenvalue weighted by Gasteiger charge is -2.11. The highest BCUT2D eigenvalue weighted by Crippen LogP contribution is 2.34. The summed E-state index contributed by atoms with van der Waals surface area (Å²) < 4.78 is 1.78. The summed E-state index contributed by atoms with van der Waals surface area (Å²) in [5.41, 5.74) is 6.34. The van der Waals surface area contributed by atoms with Crippen molar-refractivity contribution in [2.45, 2.75) is 0 Å². The Morgan fingerprint density at radius 3 is 2.53 bits per heavy atom. The van der Waals surface area contributed by atoms with E-state index in [1.807, 2.05) is 18.2 Å². The van der Waals surface area contributed by atoms with Crippen molar-refractivity contribution in [1.29, 1.82) is 0 Å². The van der Waals surface area contributed by atoms with Gasteiger partial charge in [-0.3, -0.25) is 0 Å². The fourth-order valence-electron chi connectivity index (χ4n) is 1.20. The molecule has 1 heterocycles. The predicted octanol–water partition coefficient (Wildman–Crippen LogP) is 3.98. The van der Waals surface area contributed by atoms with Crippen molar-refractivity contribution in [3.05, 3.63) is 38.4 Å². The standard InChI is InChI=1S/C10H7Br2ClN4/c11-5-2-1-3-6(12)8(5)16-9-7(13)4-15-10(14)17-9/h1-4H,(H3,14,15,16,17). The van der Waals surface area contributed by atoms with Crippen LogP contribution in [0.4, 0.5) is 17.5 Å². The number of para-hydroxylation sites is 1. The largest absolute Gasteiger partial charge is 0.368 e. The quantitative estimate of drug-likeness (QED) is 0.830. The smallest absolute Gasteiger partial charge is 0.222 e. The number of nitrogens with two attached hydrogens (primary N) is 1. The second-order valence-corrected chi connectivity index (χ2v) is 5.26. The first-order valence-corrected chi connectivity index (χ1v) is 6.53. The fraction of sp³-hybridized carbons (Fsp3) is 0. The van der Waals surface area contributed by atoms with E-state index in [-0.39, 0.29) is 5.95 Å². The highest BCUT2D eigenvalue weighted by atomic mass is 79.9. The third-order valence-electron chi connectivity index (χ3n) is 1.97. The van der Waals surface area contributed by atoms with Gasteiger partial charge >= 0.3 is 0 Å². The zero-order valence-electron chi connectivity index (χ0n) is 8.42. The van der Waals surface area contributed by atoms with Gasteiger partial charge in [-0.15, -0.1) is 0 Å². The molecule has 0 saturated carbocycles. The first-order valence-electron chi connectivity index (χ1n) is 4.57. The van der Waals surface area contributed by atoms with E-state index in [4.69, 9.17) is 17.3 Å². The number of nitrogens with zero attached hydrogens (tertiary/aromatic N) is 2. The Bertz CT molecular complexity index is 542. The Kier molecular flexibility index (Phi) is 3.86. The van der Waals surface area contributed by atoms with Gasteiger partial charge in [-0.1, -0.05) is 17.7 Å². The van der Waals surface area contributed by atoms with Gasteiger partial charge in [0.25, 0.3) is 0 Å². The SMILES string of the molecule is Nc1ncc(Cl)c(Nc2c(Br)cccc2Br)n1. The summed E-state index contributed by atoms with van der Waals surface area (Å²) in [5, 5.41) is 3.50.